The van der Waals surface area contributed by atoms with Gasteiger partial charge in [-0.1, -0.05) is 12.1 Å². The van der Waals surface area contributed by atoms with Crippen molar-refractivity contribution < 1.29 is 14.3 Å². The molecule has 1 N–H and O–H groups in total. The van der Waals surface area contributed by atoms with Gasteiger partial charge >= 0.3 is 0 Å². The number of morpholine rings is 1. The first-order valence-electron chi connectivity index (χ1n) is 8.48. The molecule has 6 nitrogen and oxygen atoms in total. The molecule has 1 aliphatic rings. The minimum absolute atomic E-state index is 0.150. The molecule has 1 saturated heterocycles. The molecule has 134 valence electrons. The summed E-state index contributed by atoms with van der Waals surface area (Å²) in [7, 11) is 1.62. The van der Waals surface area contributed by atoms with Crippen LogP contribution in [0.1, 0.15) is 18.9 Å². The Balaban J connectivity index is 2.07. The maximum absolute atomic E-state index is 12.2. The molecule has 1 aromatic rings. The number of allylic oxidation sites excluding steroid dienone is 1. The monoisotopic (exact) mass is 343 g/mol. The molecule has 1 aromatic carbocycles. The van der Waals surface area contributed by atoms with Gasteiger partial charge in [0.1, 0.15) is 11.6 Å². The number of nitrogens with zero attached hydrogens (tertiary/aromatic N) is 2. The fraction of sp³-hybridized carbons (Fsp3) is 0.474. The van der Waals surface area contributed by atoms with Gasteiger partial charge in [0.2, 0.25) is 0 Å². The summed E-state index contributed by atoms with van der Waals surface area (Å²) in [6.45, 7) is 6.10. The predicted octanol–water partition coefficient (Wildman–Crippen LogP) is 1.97. The van der Waals surface area contributed by atoms with E-state index in [0.29, 0.717) is 25.1 Å². The largest absolute Gasteiger partial charge is 0.385 e. The van der Waals surface area contributed by atoms with E-state index in [-0.39, 0.29) is 11.5 Å². The molecule has 1 amide bonds. The Bertz CT molecular complexity index is 641. The maximum Gasteiger partial charge on any atom is 0.262 e. The van der Waals surface area contributed by atoms with Crippen LogP contribution in [0.5, 0.6) is 0 Å². The highest BCUT2D eigenvalue weighted by atomic mass is 16.5. The Hall–Kier alpha value is -2.36. The van der Waals surface area contributed by atoms with E-state index in [2.05, 4.69) is 10.2 Å². The molecular weight excluding hydrogens is 318 g/mol. The zero-order chi connectivity index (χ0) is 18.1. The van der Waals surface area contributed by atoms with Crippen molar-refractivity contribution in [1.29, 1.82) is 5.26 Å². The first kappa shape index (κ1) is 19.0. The van der Waals surface area contributed by atoms with Crippen LogP contribution in [0.3, 0.4) is 0 Å². The van der Waals surface area contributed by atoms with Gasteiger partial charge in [-0.3, -0.25) is 4.79 Å². The van der Waals surface area contributed by atoms with E-state index in [9.17, 15) is 10.1 Å². The van der Waals surface area contributed by atoms with E-state index < -0.39 is 0 Å². The molecular formula is C19H25N3O3. The third-order valence-corrected chi connectivity index (χ3v) is 4.20. The second kappa shape index (κ2) is 9.82. The first-order chi connectivity index (χ1) is 12.2. The summed E-state index contributed by atoms with van der Waals surface area (Å²) in [5.41, 5.74) is 2.83. The molecule has 6 heteroatoms. The number of carbonyl (C=O) groups excluding carboxylic acids is 1. The second-order valence-electron chi connectivity index (χ2n) is 5.86. The third-order valence-electron chi connectivity index (χ3n) is 4.20. The average Bonchev–Trinajstić information content (AvgIpc) is 2.66. The molecule has 2 rings (SSSR count). The van der Waals surface area contributed by atoms with Crippen LogP contribution < -0.4 is 10.2 Å². The number of benzene rings is 1. The molecule has 1 aliphatic heterocycles. The fourth-order valence-corrected chi connectivity index (χ4v) is 2.70. The Morgan fingerprint density at radius 3 is 2.60 bits per heavy atom. The number of anilines is 1. The summed E-state index contributed by atoms with van der Waals surface area (Å²) in [6, 6.07) is 9.98. The zero-order valence-corrected chi connectivity index (χ0v) is 14.9. The number of methoxy groups -OCH3 is 1. The Morgan fingerprint density at radius 2 is 2.00 bits per heavy atom. The summed E-state index contributed by atoms with van der Waals surface area (Å²) >= 11 is 0. The number of hydrogen-bond acceptors (Lipinski definition) is 5. The fourth-order valence-electron chi connectivity index (χ4n) is 2.70. The molecule has 0 atom stereocenters. The predicted molar refractivity (Wildman–Crippen MR) is 97.2 cm³/mol. The van der Waals surface area contributed by atoms with Crippen molar-refractivity contribution in [3.8, 4) is 6.07 Å². The Labute approximate surface area is 149 Å². The number of carbonyl (C=O) groups is 1. The number of amides is 1. The van der Waals surface area contributed by atoms with Gasteiger partial charge in [0.05, 0.1) is 13.2 Å². The van der Waals surface area contributed by atoms with Crippen LogP contribution in [0, 0.1) is 11.3 Å². The molecule has 1 heterocycles. The van der Waals surface area contributed by atoms with Gasteiger partial charge in [-0.15, -0.1) is 0 Å². The quantitative estimate of drug-likeness (QED) is 0.465. The van der Waals surface area contributed by atoms with Gasteiger partial charge in [0, 0.05) is 39.0 Å². The Kier molecular flexibility index (Phi) is 7.45. The van der Waals surface area contributed by atoms with E-state index in [4.69, 9.17) is 9.47 Å². The van der Waals surface area contributed by atoms with Gasteiger partial charge in [-0.2, -0.15) is 5.26 Å². The van der Waals surface area contributed by atoms with Crippen LogP contribution >= 0.6 is 0 Å². The van der Waals surface area contributed by atoms with Crippen LogP contribution in [-0.4, -0.2) is 52.5 Å². The van der Waals surface area contributed by atoms with Crippen molar-refractivity contribution in [3.05, 3.63) is 35.4 Å². The van der Waals surface area contributed by atoms with Gasteiger partial charge < -0.3 is 19.7 Å². The van der Waals surface area contributed by atoms with Crippen LogP contribution in [0.2, 0.25) is 0 Å². The zero-order valence-electron chi connectivity index (χ0n) is 14.9. The van der Waals surface area contributed by atoms with E-state index in [0.717, 1.165) is 37.6 Å². The van der Waals surface area contributed by atoms with E-state index >= 15 is 0 Å². The molecule has 0 unspecified atom stereocenters. The molecule has 0 saturated carbocycles. The van der Waals surface area contributed by atoms with Crippen molar-refractivity contribution >= 4 is 17.2 Å². The highest BCUT2D eigenvalue weighted by Gasteiger charge is 2.15. The van der Waals surface area contributed by atoms with Gasteiger partial charge in [0.15, 0.2) is 0 Å². The van der Waals surface area contributed by atoms with Crippen LogP contribution in [0.4, 0.5) is 5.69 Å². The molecule has 0 aromatic heterocycles. The van der Waals surface area contributed by atoms with Crippen molar-refractivity contribution in [2.45, 2.75) is 13.3 Å². The van der Waals surface area contributed by atoms with Crippen molar-refractivity contribution in [3.63, 3.8) is 0 Å². The lowest BCUT2D eigenvalue weighted by Gasteiger charge is -2.29. The molecule has 0 radical (unpaired) electrons. The summed E-state index contributed by atoms with van der Waals surface area (Å²) in [5, 5.41) is 12.1. The molecule has 0 aliphatic carbocycles. The Morgan fingerprint density at radius 1 is 1.32 bits per heavy atom. The average molecular weight is 343 g/mol. The lowest BCUT2D eigenvalue weighted by Crippen LogP contribution is -2.36. The molecule has 25 heavy (non-hydrogen) atoms. The number of nitrogens with one attached hydrogen (secondary N) is 1. The van der Waals surface area contributed by atoms with Crippen molar-refractivity contribution in [2.24, 2.45) is 0 Å². The van der Waals surface area contributed by atoms with E-state index in [1.807, 2.05) is 30.3 Å². The van der Waals surface area contributed by atoms with Crippen LogP contribution in [0.15, 0.2) is 29.8 Å². The lowest BCUT2D eigenvalue weighted by atomic mass is 10.0. The van der Waals surface area contributed by atoms with Crippen molar-refractivity contribution in [2.75, 3.05) is 51.5 Å². The first-order valence-corrected chi connectivity index (χ1v) is 8.48. The van der Waals surface area contributed by atoms with Crippen LogP contribution in [0.25, 0.3) is 5.57 Å². The summed E-state index contributed by atoms with van der Waals surface area (Å²) < 4.78 is 10.3. The SMILES string of the molecule is COCCCNC(=O)/C(C#N)=C(\C)c1ccc(N2CCOCC2)cc1. The van der Waals surface area contributed by atoms with Gasteiger partial charge in [-0.05, 0) is 36.6 Å². The molecule has 0 spiro atoms. The maximum atomic E-state index is 12.2. The van der Waals surface area contributed by atoms with E-state index in [1.165, 1.54) is 0 Å². The smallest absolute Gasteiger partial charge is 0.262 e. The minimum atomic E-state index is -0.339. The topological polar surface area (TPSA) is 74.6 Å². The third kappa shape index (κ3) is 5.31. The lowest BCUT2D eigenvalue weighted by molar-refractivity contribution is -0.117. The number of nitriles is 1. The molecule has 0 bridgehead atoms. The highest BCUT2D eigenvalue weighted by molar-refractivity contribution is 6.04. The second-order valence-corrected chi connectivity index (χ2v) is 5.86. The van der Waals surface area contributed by atoms with Gasteiger partial charge in [-0.25, -0.2) is 0 Å². The number of hydrogen-bond donors (Lipinski definition) is 1. The highest BCUT2D eigenvalue weighted by Crippen LogP contribution is 2.23. The summed E-state index contributed by atoms with van der Waals surface area (Å²) in [6.07, 6.45) is 0.717. The summed E-state index contributed by atoms with van der Waals surface area (Å²) in [4.78, 5) is 14.5. The molecule has 1 fully saturated rings. The number of ether oxygens (including phenoxy) is 2. The van der Waals surface area contributed by atoms with Crippen LogP contribution in [-0.2, 0) is 14.3 Å². The van der Waals surface area contributed by atoms with E-state index in [1.54, 1.807) is 14.0 Å². The van der Waals surface area contributed by atoms with Gasteiger partial charge in [0.25, 0.3) is 5.91 Å². The normalized spacial score (nSPS) is 15.3. The summed E-state index contributed by atoms with van der Waals surface area (Å²) in [5.74, 6) is -0.339. The number of rotatable bonds is 7. The standard InChI is InChI=1S/C19H25N3O3/c1-15(18(14-20)19(23)21-8-3-11-24-2)16-4-6-17(7-5-16)22-9-12-25-13-10-22/h4-7H,3,8-13H2,1-2H3,(H,21,23)/b18-15+. The van der Waals surface area contributed by atoms with Crippen molar-refractivity contribution in [1.82, 2.24) is 5.32 Å². The minimum Gasteiger partial charge on any atom is -0.385 e.